The number of carbonyl (C=O) groups excluding carboxylic acids is 2. The summed E-state index contributed by atoms with van der Waals surface area (Å²) in [6.45, 7) is 1.49. The van der Waals surface area contributed by atoms with Crippen molar-refractivity contribution < 1.29 is 14.3 Å². The normalized spacial score (nSPS) is 10.3. The monoisotopic (exact) mass is 323 g/mol. The summed E-state index contributed by atoms with van der Waals surface area (Å²) < 4.78 is 6.62. The lowest BCUT2D eigenvalue weighted by atomic mass is 10.1. The van der Waals surface area contributed by atoms with Crippen molar-refractivity contribution in [3.05, 3.63) is 40.4 Å². The minimum absolute atomic E-state index is 0.0192. The summed E-state index contributed by atoms with van der Waals surface area (Å²) in [5.74, 6) is -0.653. The van der Waals surface area contributed by atoms with Crippen molar-refractivity contribution in [3.8, 4) is 5.69 Å². The highest BCUT2D eigenvalue weighted by Gasteiger charge is 2.13. The predicted molar refractivity (Wildman–Crippen MR) is 70.4 cm³/mol. The van der Waals surface area contributed by atoms with Crippen molar-refractivity contribution in [3.63, 3.8) is 0 Å². The van der Waals surface area contributed by atoms with Crippen LogP contribution in [0.1, 0.15) is 27.9 Å². The Morgan fingerprint density at radius 2 is 2.11 bits per heavy atom. The number of esters is 1. The molecule has 1 aromatic heterocycles. The van der Waals surface area contributed by atoms with Gasteiger partial charge in [-0.3, -0.25) is 4.79 Å². The molecule has 0 radical (unpaired) electrons. The second kappa shape index (κ2) is 5.31. The first-order chi connectivity index (χ1) is 9.02. The Morgan fingerprint density at radius 1 is 1.37 bits per heavy atom. The van der Waals surface area contributed by atoms with E-state index in [2.05, 4.69) is 30.7 Å². The van der Waals surface area contributed by atoms with Gasteiger partial charge in [-0.15, -0.1) is 5.10 Å². The molecule has 98 valence electrons. The van der Waals surface area contributed by atoms with E-state index in [9.17, 15) is 9.59 Å². The van der Waals surface area contributed by atoms with Gasteiger partial charge in [0.25, 0.3) is 5.82 Å². The lowest BCUT2D eigenvalue weighted by molar-refractivity contribution is 0.0587. The molecule has 0 saturated heterocycles. The molecule has 0 aliphatic carbocycles. The molecule has 0 aliphatic heterocycles. The number of hydrogen-bond donors (Lipinski definition) is 0. The molecule has 0 saturated carbocycles. The molecular weight excluding hydrogens is 314 g/mol. The van der Waals surface area contributed by atoms with Crippen molar-refractivity contribution in [2.45, 2.75) is 6.92 Å². The number of Topliss-reactive ketones (excluding diaryl/α,β-unsaturated/α-hetero) is 1. The van der Waals surface area contributed by atoms with E-state index in [0.29, 0.717) is 15.7 Å². The number of hydrogen-bond acceptors (Lipinski definition) is 5. The van der Waals surface area contributed by atoms with Gasteiger partial charge in [0, 0.05) is 10.0 Å². The lowest BCUT2D eigenvalue weighted by Crippen LogP contribution is -2.05. The molecule has 0 N–H and O–H groups in total. The molecule has 0 bridgehead atoms. The number of methoxy groups -OCH3 is 1. The largest absolute Gasteiger partial charge is 0.463 e. The van der Waals surface area contributed by atoms with Gasteiger partial charge >= 0.3 is 5.97 Å². The van der Waals surface area contributed by atoms with Crippen LogP contribution in [0.3, 0.4) is 0 Å². The summed E-state index contributed by atoms with van der Waals surface area (Å²) in [4.78, 5) is 26.4. The molecule has 0 amide bonds. The van der Waals surface area contributed by atoms with Gasteiger partial charge in [0.1, 0.15) is 6.33 Å². The summed E-state index contributed by atoms with van der Waals surface area (Å²) in [5.41, 5.74) is 1.26. The average Bonchev–Trinajstić information content (AvgIpc) is 2.86. The first kappa shape index (κ1) is 13.4. The standard InChI is InChI=1S/C12H10BrN3O3/c1-7(17)9-4-3-8(5-10(9)13)16-6-14-11(15-16)12(18)19-2/h3-6H,1-2H3. The number of ketones is 1. The quantitative estimate of drug-likeness (QED) is 0.638. The number of halogens is 1. The second-order valence-corrected chi connectivity index (χ2v) is 4.58. The zero-order valence-corrected chi connectivity index (χ0v) is 11.8. The highest BCUT2D eigenvalue weighted by Crippen LogP contribution is 2.21. The average molecular weight is 324 g/mol. The number of aromatic nitrogens is 3. The van der Waals surface area contributed by atoms with Crippen LogP contribution >= 0.6 is 15.9 Å². The van der Waals surface area contributed by atoms with Gasteiger partial charge in [-0.2, -0.15) is 0 Å². The van der Waals surface area contributed by atoms with Crippen molar-refractivity contribution in [2.24, 2.45) is 0 Å². The van der Waals surface area contributed by atoms with Gasteiger partial charge in [-0.25, -0.2) is 14.5 Å². The van der Waals surface area contributed by atoms with Crippen molar-refractivity contribution >= 4 is 27.7 Å². The van der Waals surface area contributed by atoms with Crippen LogP contribution in [0.2, 0.25) is 0 Å². The Bertz CT molecular complexity index is 651. The Kier molecular flexibility index (Phi) is 3.75. The predicted octanol–water partition coefficient (Wildman–Crippen LogP) is 2.02. The molecule has 0 spiro atoms. The Hall–Kier alpha value is -2.02. The van der Waals surface area contributed by atoms with Gasteiger partial charge in [0.2, 0.25) is 0 Å². The van der Waals surface area contributed by atoms with Crippen LogP contribution in [-0.2, 0) is 4.74 Å². The van der Waals surface area contributed by atoms with Crippen LogP contribution in [0.25, 0.3) is 5.69 Å². The molecule has 7 heteroatoms. The summed E-state index contributed by atoms with van der Waals surface area (Å²) in [6, 6.07) is 5.13. The van der Waals surface area contributed by atoms with Crippen LogP contribution in [-0.4, -0.2) is 33.6 Å². The highest BCUT2D eigenvalue weighted by atomic mass is 79.9. The smallest absolute Gasteiger partial charge is 0.377 e. The van der Waals surface area contributed by atoms with Gasteiger partial charge in [-0.05, 0) is 41.1 Å². The SMILES string of the molecule is COC(=O)c1ncn(-c2ccc(C(C)=O)c(Br)c2)n1. The summed E-state index contributed by atoms with van der Waals surface area (Å²) in [6.07, 6.45) is 1.40. The molecule has 19 heavy (non-hydrogen) atoms. The molecule has 0 atom stereocenters. The second-order valence-electron chi connectivity index (χ2n) is 3.72. The number of nitrogens with zero attached hydrogens (tertiary/aromatic N) is 3. The number of benzene rings is 1. The maximum absolute atomic E-state index is 11.3. The van der Waals surface area contributed by atoms with E-state index >= 15 is 0 Å². The van der Waals surface area contributed by atoms with Gasteiger partial charge in [0.05, 0.1) is 12.8 Å². The zero-order valence-electron chi connectivity index (χ0n) is 10.3. The number of carbonyl (C=O) groups is 2. The van der Waals surface area contributed by atoms with E-state index < -0.39 is 5.97 Å². The number of ether oxygens (including phenoxy) is 1. The van der Waals surface area contributed by atoms with Crippen LogP contribution < -0.4 is 0 Å². The summed E-state index contributed by atoms with van der Waals surface area (Å²) >= 11 is 3.32. The van der Waals surface area contributed by atoms with Crippen LogP contribution in [0.4, 0.5) is 0 Å². The minimum Gasteiger partial charge on any atom is -0.463 e. The van der Waals surface area contributed by atoms with Crippen LogP contribution in [0.15, 0.2) is 29.0 Å². The highest BCUT2D eigenvalue weighted by molar-refractivity contribution is 9.10. The minimum atomic E-state index is -0.599. The first-order valence-electron chi connectivity index (χ1n) is 5.33. The van der Waals surface area contributed by atoms with Crippen molar-refractivity contribution in [1.82, 2.24) is 14.8 Å². The van der Waals surface area contributed by atoms with Crippen LogP contribution in [0.5, 0.6) is 0 Å². The molecule has 2 rings (SSSR count). The van der Waals surface area contributed by atoms with E-state index in [1.165, 1.54) is 25.0 Å². The van der Waals surface area contributed by atoms with E-state index in [0.717, 1.165) is 0 Å². The fourth-order valence-corrected chi connectivity index (χ4v) is 2.15. The van der Waals surface area contributed by atoms with Gasteiger partial charge in [0.15, 0.2) is 5.78 Å². The molecular formula is C12H10BrN3O3. The Morgan fingerprint density at radius 3 is 2.68 bits per heavy atom. The number of rotatable bonds is 3. The fourth-order valence-electron chi connectivity index (χ4n) is 1.50. The maximum atomic E-state index is 11.3. The van der Waals surface area contributed by atoms with Gasteiger partial charge < -0.3 is 4.74 Å². The van der Waals surface area contributed by atoms with E-state index in [4.69, 9.17) is 0 Å². The molecule has 2 aromatic rings. The third-order valence-electron chi connectivity index (χ3n) is 2.46. The van der Waals surface area contributed by atoms with Crippen molar-refractivity contribution in [1.29, 1.82) is 0 Å². The maximum Gasteiger partial charge on any atom is 0.377 e. The Balaban J connectivity index is 2.37. The van der Waals surface area contributed by atoms with E-state index in [-0.39, 0.29) is 11.6 Å². The first-order valence-corrected chi connectivity index (χ1v) is 6.13. The molecule has 6 nitrogen and oxygen atoms in total. The van der Waals surface area contributed by atoms with E-state index in [1.54, 1.807) is 18.2 Å². The Labute approximate surface area is 117 Å². The fraction of sp³-hybridized carbons (Fsp3) is 0.167. The van der Waals surface area contributed by atoms with E-state index in [1.807, 2.05) is 0 Å². The van der Waals surface area contributed by atoms with Crippen molar-refractivity contribution in [2.75, 3.05) is 7.11 Å². The lowest BCUT2D eigenvalue weighted by Gasteiger charge is -2.04. The van der Waals surface area contributed by atoms with Crippen LogP contribution in [0, 0.1) is 0 Å². The molecule has 1 heterocycles. The summed E-state index contributed by atoms with van der Waals surface area (Å²) in [7, 11) is 1.27. The zero-order chi connectivity index (χ0) is 14.0. The molecule has 0 fully saturated rings. The molecule has 1 aromatic carbocycles. The molecule has 0 unspecified atom stereocenters. The van der Waals surface area contributed by atoms with Gasteiger partial charge in [-0.1, -0.05) is 0 Å². The third-order valence-corrected chi connectivity index (χ3v) is 3.11. The summed E-state index contributed by atoms with van der Waals surface area (Å²) in [5, 5.41) is 3.99. The third kappa shape index (κ3) is 2.70. The molecule has 0 aliphatic rings. The topological polar surface area (TPSA) is 74.1 Å².